The number of nitrogens with one attached hydrogen (secondary N) is 1. The van der Waals surface area contributed by atoms with Crippen molar-refractivity contribution in [1.82, 2.24) is 4.98 Å². The molecule has 0 fully saturated rings. The minimum atomic E-state index is -0.482. The summed E-state index contributed by atoms with van der Waals surface area (Å²) in [7, 11) is 1.51. The van der Waals surface area contributed by atoms with Gasteiger partial charge in [0.05, 0.1) is 44.3 Å². The van der Waals surface area contributed by atoms with E-state index in [2.05, 4.69) is 16.4 Å². The SMILES string of the molecule is COc1cc(Nc2c(C#N)cnc3cc(-c4ccc(C(N)=O)cc4)sc23)c(Cl)cc1Cl. The van der Waals surface area contributed by atoms with Crippen LogP contribution in [0.1, 0.15) is 15.9 Å². The average molecular weight is 469 g/mol. The van der Waals surface area contributed by atoms with Gasteiger partial charge in [-0.05, 0) is 29.8 Å². The third-order valence-corrected chi connectivity index (χ3v) is 6.42. The zero-order valence-corrected chi connectivity index (χ0v) is 18.4. The highest BCUT2D eigenvalue weighted by Crippen LogP contribution is 2.41. The van der Waals surface area contributed by atoms with E-state index < -0.39 is 5.91 Å². The van der Waals surface area contributed by atoms with E-state index in [4.69, 9.17) is 33.7 Å². The normalized spacial score (nSPS) is 10.6. The zero-order valence-electron chi connectivity index (χ0n) is 16.1. The van der Waals surface area contributed by atoms with E-state index in [0.717, 1.165) is 20.7 Å². The number of primary amides is 1. The van der Waals surface area contributed by atoms with Crippen LogP contribution in [0.5, 0.6) is 5.75 Å². The Labute approximate surface area is 191 Å². The summed E-state index contributed by atoms with van der Waals surface area (Å²) < 4.78 is 6.06. The van der Waals surface area contributed by atoms with Crippen molar-refractivity contribution < 1.29 is 9.53 Å². The Morgan fingerprint density at radius 3 is 2.58 bits per heavy atom. The van der Waals surface area contributed by atoms with Crippen LogP contribution in [0.15, 0.2) is 48.7 Å². The van der Waals surface area contributed by atoms with Crippen LogP contribution in [0, 0.1) is 11.3 Å². The molecule has 0 radical (unpaired) electrons. The molecule has 0 saturated carbocycles. The van der Waals surface area contributed by atoms with Crippen LogP contribution in [0.3, 0.4) is 0 Å². The smallest absolute Gasteiger partial charge is 0.248 e. The third kappa shape index (κ3) is 4.01. The number of nitrogens with zero attached hydrogens (tertiary/aromatic N) is 2. The second kappa shape index (κ2) is 8.44. The van der Waals surface area contributed by atoms with Gasteiger partial charge in [0.25, 0.3) is 0 Å². The highest BCUT2D eigenvalue weighted by molar-refractivity contribution is 7.22. The van der Waals surface area contributed by atoms with Gasteiger partial charge in [-0.1, -0.05) is 35.3 Å². The number of carbonyl (C=O) groups is 1. The monoisotopic (exact) mass is 468 g/mol. The van der Waals surface area contributed by atoms with E-state index in [9.17, 15) is 10.1 Å². The summed E-state index contributed by atoms with van der Waals surface area (Å²) in [5.74, 6) is -0.0243. The number of rotatable bonds is 5. The molecule has 154 valence electrons. The fourth-order valence-electron chi connectivity index (χ4n) is 3.04. The number of halogens is 2. The maximum atomic E-state index is 11.3. The maximum absolute atomic E-state index is 11.3. The van der Waals surface area contributed by atoms with E-state index in [1.807, 2.05) is 18.2 Å². The Morgan fingerprint density at radius 2 is 1.94 bits per heavy atom. The number of fused-ring (bicyclic) bond motifs is 1. The predicted octanol–water partition coefficient (Wildman–Crippen LogP) is 5.99. The van der Waals surface area contributed by atoms with Crippen molar-refractivity contribution in [2.45, 2.75) is 0 Å². The summed E-state index contributed by atoms with van der Waals surface area (Å²) in [6.45, 7) is 0. The van der Waals surface area contributed by atoms with Gasteiger partial charge in [0.1, 0.15) is 11.8 Å². The molecule has 4 aromatic rings. The molecule has 1 amide bonds. The Morgan fingerprint density at radius 1 is 1.19 bits per heavy atom. The Hall–Kier alpha value is -3.31. The van der Waals surface area contributed by atoms with Gasteiger partial charge in [0.15, 0.2) is 0 Å². The Bertz CT molecular complexity index is 1360. The van der Waals surface area contributed by atoms with Crippen molar-refractivity contribution in [2.75, 3.05) is 12.4 Å². The minimum Gasteiger partial charge on any atom is -0.495 e. The Balaban J connectivity index is 1.82. The van der Waals surface area contributed by atoms with Crippen LogP contribution in [-0.4, -0.2) is 18.0 Å². The number of thiophene rings is 1. The van der Waals surface area contributed by atoms with Crippen molar-refractivity contribution in [1.29, 1.82) is 5.26 Å². The standard InChI is InChI=1S/C22H14Cl2N4O2S/c1-30-18-7-16(14(23)6-15(18)24)28-20-13(9-25)10-27-17-8-19(31-21(17)20)11-2-4-12(5-3-11)22(26)29/h2-8,10H,1H3,(H2,26,29)(H,27,28). The van der Waals surface area contributed by atoms with Crippen LogP contribution in [-0.2, 0) is 0 Å². The van der Waals surface area contributed by atoms with Crippen molar-refractivity contribution >= 4 is 62.0 Å². The topological polar surface area (TPSA) is 101 Å². The number of amides is 1. The van der Waals surface area contributed by atoms with E-state index >= 15 is 0 Å². The first-order valence-corrected chi connectivity index (χ1v) is 10.5. The second-order valence-corrected chi connectivity index (χ2v) is 8.38. The fourth-order valence-corrected chi connectivity index (χ4v) is 4.67. The molecule has 0 saturated heterocycles. The molecular weight excluding hydrogens is 455 g/mol. The number of carbonyl (C=O) groups excluding carboxylic acids is 1. The molecule has 0 unspecified atom stereocenters. The minimum absolute atomic E-state index is 0.370. The number of hydrogen-bond acceptors (Lipinski definition) is 6. The summed E-state index contributed by atoms with van der Waals surface area (Å²) in [5, 5.41) is 13.6. The fraction of sp³-hybridized carbons (Fsp3) is 0.0455. The third-order valence-electron chi connectivity index (χ3n) is 4.62. The van der Waals surface area contributed by atoms with Crippen LogP contribution in [0.4, 0.5) is 11.4 Å². The van der Waals surface area contributed by atoms with Crippen LogP contribution < -0.4 is 15.8 Å². The van der Waals surface area contributed by atoms with Gasteiger partial charge < -0.3 is 15.8 Å². The first kappa shape index (κ1) is 20.9. The van der Waals surface area contributed by atoms with Gasteiger partial charge in [0, 0.05) is 22.7 Å². The van der Waals surface area contributed by atoms with Gasteiger partial charge in [-0.3, -0.25) is 9.78 Å². The van der Waals surface area contributed by atoms with Gasteiger partial charge in [-0.25, -0.2) is 0 Å². The molecule has 3 N–H and O–H groups in total. The molecule has 0 aliphatic rings. The van der Waals surface area contributed by atoms with Crippen molar-refractivity contribution in [2.24, 2.45) is 5.73 Å². The second-order valence-electron chi connectivity index (χ2n) is 6.52. The molecule has 4 rings (SSSR count). The summed E-state index contributed by atoms with van der Waals surface area (Å²) in [6.07, 6.45) is 1.51. The summed E-state index contributed by atoms with van der Waals surface area (Å²) in [6, 6.07) is 14.3. The van der Waals surface area contributed by atoms with Crippen LogP contribution in [0.25, 0.3) is 20.7 Å². The number of methoxy groups -OCH3 is 1. The quantitative estimate of drug-likeness (QED) is 0.374. The molecule has 2 heterocycles. The molecule has 9 heteroatoms. The van der Waals surface area contributed by atoms with E-state index in [1.165, 1.54) is 24.6 Å². The first-order valence-electron chi connectivity index (χ1n) is 8.94. The molecule has 0 aliphatic carbocycles. The number of nitriles is 1. The number of aromatic nitrogens is 1. The Kier molecular flexibility index (Phi) is 5.70. The zero-order chi connectivity index (χ0) is 22.1. The van der Waals surface area contributed by atoms with E-state index in [1.54, 1.807) is 24.3 Å². The number of benzene rings is 2. The molecule has 0 atom stereocenters. The lowest BCUT2D eigenvalue weighted by Gasteiger charge is -2.13. The van der Waals surface area contributed by atoms with Gasteiger partial charge >= 0.3 is 0 Å². The average Bonchev–Trinajstić information content (AvgIpc) is 3.20. The summed E-state index contributed by atoms with van der Waals surface area (Å²) >= 11 is 14.0. The lowest BCUT2D eigenvalue weighted by molar-refractivity contribution is 0.100. The molecule has 0 spiro atoms. The van der Waals surface area contributed by atoms with Gasteiger partial charge in [-0.2, -0.15) is 5.26 Å². The van der Waals surface area contributed by atoms with Crippen molar-refractivity contribution in [3.8, 4) is 22.3 Å². The van der Waals surface area contributed by atoms with Gasteiger partial charge in [-0.15, -0.1) is 11.3 Å². The first-order chi connectivity index (χ1) is 14.9. The van der Waals surface area contributed by atoms with E-state index in [0.29, 0.717) is 38.3 Å². The number of pyridine rings is 1. The number of ether oxygens (including phenoxy) is 1. The summed E-state index contributed by atoms with van der Waals surface area (Å²) in [4.78, 5) is 16.7. The predicted molar refractivity (Wildman–Crippen MR) is 125 cm³/mol. The lowest BCUT2D eigenvalue weighted by Crippen LogP contribution is -2.10. The molecule has 31 heavy (non-hydrogen) atoms. The maximum Gasteiger partial charge on any atom is 0.248 e. The molecule has 6 nitrogen and oxygen atoms in total. The molecule has 0 aliphatic heterocycles. The van der Waals surface area contributed by atoms with E-state index in [-0.39, 0.29) is 0 Å². The van der Waals surface area contributed by atoms with Crippen molar-refractivity contribution in [3.63, 3.8) is 0 Å². The molecule has 2 aromatic heterocycles. The highest BCUT2D eigenvalue weighted by atomic mass is 35.5. The summed E-state index contributed by atoms with van der Waals surface area (Å²) in [5.41, 5.74) is 8.88. The largest absolute Gasteiger partial charge is 0.495 e. The number of anilines is 2. The lowest BCUT2D eigenvalue weighted by atomic mass is 10.1. The van der Waals surface area contributed by atoms with Gasteiger partial charge in [0.2, 0.25) is 5.91 Å². The molecule has 2 aromatic carbocycles. The van der Waals surface area contributed by atoms with Crippen LogP contribution in [0.2, 0.25) is 10.0 Å². The highest BCUT2D eigenvalue weighted by Gasteiger charge is 2.16. The van der Waals surface area contributed by atoms with Crippen LogP contribution >= 0.6 is 34.5 Å². The number of hydrogen-bond donors (Lipinski definition) is 2. The molecular formula is C22H14Cl2N4O2S. The number of nitrogens with two attached hydrogens (primary N) is 1. The van der Waals surface area contributed by atoms with Crippen molar-refractivity contribution in [3.05, 3.63) is 69.8 Å². The molecule has 0 bridgehead atoms.